The van der Waals surface area contributed by atoms with Crippen LogP contribution < -0.4 is 0 Å². The molecule has 1 atom stereocenters. The van der Waals surface area contributed by atoms with Crippen LogP contribution in [-0.4, -0.2) is 23.3 Å². The minimum atomic E-state index is -4.64. The number of pyridine rings is 1. The highest BCUT2D eigenvalue weighted by Gasteiger charge is 2.35. The Balaban J connectivity index is 1.75. The molecule has 0 saturated heterocycles. The summed E-state index contributed by atoms with van der Waals surface area (Å²) >= 11 is 3.98. The summed E-state index contributed by atoms with van der Waals surface area (Å²) in [6, 6.07) is 16.7. The number of rotatable bonds is 5. The first-order chi connectivity index (χ1) is 15.2. The summed E-state index contributed by atoms with van der Waals surface area (Å²) in [7, 11) is 0. The summed E-state index contributed by atoms with van der Waals surface area (Å²) in [5.74, 6) is 0.127. The molecule has 2 aromatic carbocycles. The molecule has 2 heterocycles. The SMILES string of the molecule is O=S([O-])Cc1cccc(-c2ccc(-n3cc(C(F)(F)F)nc3-c3ccccc3Cl)nc2)c1. The van der Waals surface area contributed by atoms with E-state index in [1.54, 1.807) is 60.7 Å². The lowest BCUT2D eigenvalue weighted by atomic mass is 10.1. The third-order valence-corrected chi connectivity index (χ3v) is 5.55. The van der Waals surface area contributed by atoms with Crippen LogP contribution in [0.4, 0.5) is 13.2 Å². The zero-order valence-corrected chi connectivity index (χ0v) is 17.8. The van der Waals surface area contributed by atoms with Crippen molar-refractivity contribution < 1.29 is 21.9 Å². The Morgan fingerprint density at radius 2 is 1.81 bits per heavy atom. The number of hydrogen-bond acceptors (Lipinski definition) is 4. The normalized spacial score (nSPS) is 12.7. The van der Waals surface area contributed by atoms with E-state index in [9.17, 15) is 21.9 Å². The van der Waals surface area contributed by atoms with E-state index < -0.39 is 23.0 Å². The van der Waals surface area contributed by atoms with E-state index in [4.69, 9.17) is 11.6 Å². The monoisotopic (exact) mass is 476 g/mol. The summed E-state index contributed by atoms with van der Waals surface area (Å²) in [4.78, 5) is 8.08. The van der Waals surface area contributed by atoms with Gasteiger partial charge in [0, 0.05) is 29.3 Å². The van der Waals surface area contributed by atoms with E-state index in [1.807, 2.05) is 0 Å². The standard InChI is InChI=1S/C22H15ClF3N3O2S/c23-18-7-2-1-6-17(18)21-28-19(22(24,25)26)12-29(21)20-9-8-16(11-27-20)15-5-3-4-14(10-15)13-32(30)31/h1-12H,13H2,(H,30,31)/p-1. The molecule has 164 valence electrons. The van der Waals surface area contributed by atoms with Crippen LogP contribution in [-0.2, 0) is 23.0 Å². The first kappa shape index (κ1) is 22.2. The second kappa shape index (κ2) is 8.85. The summed E-state index contributed by atoms with van der Waals surface area (Å²) in [5, 5.41) is 0.261. The molecular weight excluding hydrogens is 463 g/mol. The highest BCUT2D eigenvalue weighted by atomic mass is 35.5. The second-order valence-electron chi connectivity index (χ2n) is 6.85. The Morgan fingerprint density at radius 3 is 2.47 bits per heavy atom. The van der Waals surface area contributed by atoms with Crippen molar-refractivity contribution in [1.82, 2.24) is 14.5 Å². The fourth-order valence-corrected chi connectivity index (χ4v) is 3.87. The smallest absolute Gasteiger partial charge is 0.434 e. The number of halogens is 4. The van der Waals surface area contributed by atoms with E-state index >= 15 is 0 Å². The number of alkyl halides is 3. The summed E-state index contributed by atoms with van der Waals surface area (Å²) in [5.41, 5.74) is 1.32. The fraction of sp³-hybridized carbons (Fsp3) is 0.0909. The van der Waals surface area contributed by atoms with Crippen LogP contribution in [0.1, 0.15) is 11.3 Å². The molecule has 0 aliphatic carbocycles. The predicted octanol–water partition coefficient (Wildman–Crippen LogP) is 5.65. The first-order valence-electron chi connectivity index (χ1n) is 9.25. The van der Waals surface area contributed by atoms with Gasteiger partial charge in [0.2, 0.25) is 0 Å². The molecule has 0 bridgehead atoms. The van der Waals surface area contributed by atoms with Crippen LogP contribution in [0, 0.1) is 0 Å². The maximum Gasteiger partial charge on any atom is 0.434 e. The number of hydrogen-bond donors (Lipinski definition) is 0. The van der Waals surface area contributed by atoms with E-state index in [1.165, 1.54) is 10.8 Å². The van der Waals surface area contributed by atoms with Gasteiger partial charge in [-0.05, 0) is 35.4 Å². The van der Waals surface area contributed by atoms with Gasteiger partial charge in [0.25, 0.3) is 0 Å². The van der Waals surface area contributed by atoms with Crippen molar-refractivity contribution in [1.29, 1.82) is 0 Å². The molecule has 0 aliphatic heterocycles. The summed E-state index contributed by atoms with van der Waals surface area (Å²) < 4.78 is 63.2. The predicted molar refractivity (Wildman–Crippen MR) is 115 cm³/mol. The number of aromatic nitrogens is 3. The van der Waals surface area contributed by atoms with Crippen molar-refractivity contribution in [3.63, 3.8) is 0 Å². The lowest BCUT2D eigenvalue weighted by molar-refractivity contribution is -0.140. The Labute approximate surface area is 188 Å². The van der Waals surface area contributed by atoms with Crippen molar-refractivity contribution in [2.75, 3.05) is 0 Å². The van der Waals surface area contributed by atoms with Gasteiger partial charge in [-0.25, -0.2) is 9.97 Å². The molecular formula is C22H14ClF3N3O2S-. The summed E-state index contributed by atoms with van der Waals surface area (Å²) in [6.07, 6.45) is -2.25. The molecule has 1 unspecified atom stereocenters. The lowest BCUT2D eigenvalue weighted by Gasteiger charge is -2.10. The molecule has 0 fully saturated rings. The van der Waals surface area contributed by atoms with Crippen LogP contribution >= 0.6 is 11.6 Å². The van der Waals surface area contributed by atoms with Gasteiger partial charge in [0.15, 0.2) is 5.69 Å². The van der Waals surface area contributed by atoms with Gasteiger partial charge < -0.3 is 4.55 Å². The van der Waals surface area contributed by atoms with Crippen LogP contribution in [0.3, 0.4) is 0 Å². The van der Waals surface area contributed by atoms with Gasteiger partial charge >= 0.3 is 6.18 Å². The van der Waals surface area contributed by atoms with Gasteiger partial charge in [-0.15, -0.1) is 0 Å². The maximum absolute atomic E-state index is 13.4. The molecule has 4 aromatic rings. The number of nitrogens with zero attached hydrogens (tertiary/aromatic N) is 3. The van der Waals surface area contributed by atoms with E-state index in [2.05, 4.69) is 9.97 Å². The Bertz CT molecular complexity index is 1290. The summed E-state index contributed by atoms with van der Waals surface area (Å²) in [6.45, 7) is 0. The van der Waals surface area contributed by atoms with Crippen LogP contribution in [0.25, 0.3) is 28.3 Å². The topological polar surface area (TPSA) is 70.8 Å². The highest BCUT2D eigenvalue weighted by Crippen LogP contribution is 2.34. The molecule has 0 amide bonds. The van der Waals surface area contributed by atoms with E-state index in [-0.39, 0.29) is 22.4 Å². The molecule has 2 aromatic heterocycles. The van der Waals surface area contributed by atoms with Crippen molar-refractivity contribution >= 4 is 22.7 Å². The van der Waals surface area contributed by atoms with Gasteiger partial charge in [0.1, 0.15) is 11.6 Å². The highest BCUT2D eigenvalue weighted by molar-refractivity contribution is 7.78. The van der Waals surface area contributed by atoms with Crippen LogP contribution in [0.2, 0.25) is 5.02 Å². The minimum Gasteiger partial charge on any atom is -0.772 e. The number of benzene rings is 2. The fourth-order valence-electron chi connectivity index (χ4n) is 3.20. The number of imidazole rings is 1. The molecule has 32 heavy (non-hydrogen) atoms. The zero-order chi connectivity index (χ0) is 22.9. The largest absolute Gasteiger partial charge is 0.772 e. The molecule has 0 aliphatic rings. The second-order valence-corrected chi connectivity index (χ2v) is 8.15. The average Bonchev–Trinajstić information content (AvgIpc) is 3.20. The van der Waals surface area contributed by atoms with Crippen molar-refractivity contribution in [2.24, 2.45) is 0 Å². The average molecular weight is 477 g/mol. The minimum absolute atomic E-state index is 0.0168. The van der Waals surface area contributed by atoms with Gasteiger partial charge in [-0.3, -0.25) is 8.78 Å². The van der Waals surface area contributed by atoms with Gasteiger partial charge in [-0.1, -0.05) is 59.1 Å². The lowest BCUT2D eigenvalue weighted by Crippen LogP contribution is -2.05. The maximum atomic E-state index is 13.4. The van der Waals surface area contributed by atoms with Crippen LogP contribution in [0.5, 0.6) is 0 Å². The molecule has 10 heteroatoms. The molecule has 5 nitrogen and oxygen atoms in total. The van der Waals surface area contributed by atoms with Crippen LogP contribution in [0.15, 0.2) is 73.1 Å². The third kappa shape index (κ3) is 4.74. The first-order valence-corrected chi connectivity index (χ1v) is 10.9. The molecule has 0 N–H and O–H groups in total. The van der Waals surface area contributed by atoms with E-state index in [0.717, 1.165) is 11.8 Å². The molecule has 0 radical (unpaired) electrons. The van der Waals surface area contributed by atoms with Gasteiger partial charge in [0.05, 0.1) is 5.02 Å². The Kier molecular flexibility index (Phi) is 6.14. The zero-order valence-electron chi connectivity index (χ0n) is 16.2. The molecule has 0 saturated carbocycles. The van der Waals surface area contributed by atoms with E-state index in [0.29, 0.717) is 16.7 Å². The quantitative estimate of drug-likeness (QED) is 0.349. The third-order valence-electron chi connectivity index (χ3n) is 4.65. The van der Waals surface area contributed by atoms with Gasteiger partial charge in [-0.2, -0.15) is 13.2 Å². The van der Waals surface area contributed by atoms with Crippen molar-refractivity contribution in [3.8, 4) is 28.3 Å². The van der Waals surface area contributed by atoms with Crippen molar-refractivity contribution in [3.05, 3.63) is 89.3 Å². The molecule has 4 rings (SSSR count). The Hall–Kier alpha value is -3.01. The Morgan fingerprint density at radius 1 is 1.03 bits per heavy atom. The molecule has 0 spiro atoms. The van der Waals surface area contributed by atoms with Crippen molar-refractivity contribution in [2.45, 2.75) is 11.9 Å².